The van der Waals surface area contributed by atoms with Crippen LogP contribution in [0.3, 0.4) is 0 Å². The van der Waals surface area contributed by atoms with Crippen LogP contribution in [-0.4, -0.2) is 37.4 Å². The summed E-state index contributed by atoms with van der Waals surface area (Å²) in [5.41, 5.74) is 1.04. The number of thioether (sulfide) groups is 1. The van der Waals surface area contributed by atoms with Crippen LogP contribution in [0.15, 0.2) is 42.5 Å². The Bertz CT molecular complexity index is 831. The maximum absolute atomic E-state index is 13.5. The van der Waals surface area contributed by atoms with Crippen LogP contribution >= 0.6 is 11.8 Å². The van der Waals surface area contributed by atoms with Crippen LogP contribution in [0.1, 0.15) is 15.9 Å². The molecule has 0 unspecified atom stereocenters. The van der Waals surface area contributed by atoms with Gasteiger partial charge in [-0.1, -0.05) is 18.2 Å². The Kier molecular flexibility index (Phi) is 6.54. The van der Waals surface area contributed by atoms with E-state index in [1.165, 1.54) is 17.8 Å². The molecule has 0 bridgehead atoms. The van der Waals surface area contributed by atoms with Gasteiger partial charge < -0.3 is 20.1 Å². The van der Waals surface area contributed by atoms with Crippen molar-refractivity contribution in [1.82, 2.24) is 10.6 Å². The first-order valence-electron chi connectivity index (χ1n) is 8.39. The molecular weight excluding hydrogens is 371 g/mol. The zero-order chi connectivity index (χ0) is 19.1. The van der Waals surface area contributed by atoms with E-state index in [4.69, 9.17) is 9.47 Å². The number of rotatable bonds is 8. The average Bonchev–Trinajstić information content (AvgIpc) is 3.15. The van der Waals surface area contributed by atoms with Gasteiger partial charge in [-0.15, -0.1) is 0 Å². The minimum atomic E-state index is -0.364. The second kappa shape index (κ2) is 9.27. The molecule has 0 saturated carbocycles. The first-order valence-corrected chi connectivity index (χ1v) is 9.54. The van der Waals surface area contributed by atoms with Crippen LogP contribution in [0.5, 0.6) is 11.5 Å². The van der Waals surface area contributed by atoms with Crippen molar-refractivity contribution < 1.29 is 23.5 Å². The SMILES string of the molecule is O=C(CNC(=O)c1ccc2c(c1)OCO2)NCCSCc1ccccc1F. The van der Waals surface area contributed by atoms with Crippen molar-refractivity contribution in [1.29, 1.82) is 0 Å². The first kappa shape index (κ1) is 19.0. The van der Waals surface area contributed by atoms with Crippen LogP contribution in [0.2, 0.25) is 0 Å². The molecule has 2 aromatic rings. The van der Waals surface area contributed by atoms with E-state index in [0.29, 0.717) is 40.7 Å². The molecule has 3 rings (SSSR count). The lowest BCUT2D eigenvalue weighted by atomic mass is 10.2. The number of amides is 2. The number of ether oxygens (including phenoxy) is 2. The topological polar surface area (TPSA) is 76.7 Å². The fraction of sp³-hybridized carbons (Fsp3) is 0.263. The molecule has 2 N–H and O–H groups in total. The molecule has 0 atom stereocenters. The maximum atomic E-state index is 13.5. The Labute approximate surface area is 160 Å². The molecule has 0 spiro atoms. The molecule has 8 heteroatoms. The summed E-state index contributed by atoms with van der Waals surface area (Å²) in [5, 5.41) is 5.28. The molecule has 1 heterocycles. The molecule has 0 fully saturated rings. The lowest BCUT2D eigenvalue weighted by Crippen LogP contribution is -2.37. The minimum absolute atomic E-state index is 0.120. The number of carbonyl (C=O) groups is 2. The van der Waals surface area contributed by atoms with Crippen molar-refractivity contribution in [2.75, 3.05) is 25.6 Å². The van der Waals surface area contributed by atoms with E-state index in [1.54, 1.807) is 36.4 Å². The van der Waals surface area contributed by atoms with Gasteiger partial charge in [0, 0.05) is 23.6 Å². The van der Waals surface area contributed by atoms with Crippen molar-refractivity contribution in [3.05, 3.63) is 59.4 Å². The number of hydrogen-bond donors (Lipinski definition) is 2. The van der Waals surface area contributed by atoms with E-state index in [9.17, 15) is 14.0 Å². The standard InChI is InChI=1S/C19H19FN2O4S/c20-15-4-2-1-3-14(15)11-27-8-7-21-18(23)10-22-19(24)13-5-6-16-17(9-13)26-12-25-16/h1-6,9H,7-8,10-12H2,(H,21,23)(H,22,24). The largest absolute Gasteiger partial charge is 0.454 e. The number of benzene rings is 2. The molecule has 0 radical (unpaired) electrons. The Morgan fingerprint density at radius 2 is 1.89 bits per heavy atom. The van der Waals surface area contributed by atoms with E-state index in [1.807, 2.05) is 0 Å². The number of fused-ring (bicyclic) bond motifs is 1. The van der Waals surface area contributed by atoms with Gasteiger partial charge in [0.15, 0.2) is 11.5 Å². The Morgan fingerprint density at radius 1 is 1.07 bits per heavy atom. The van der Waals surface area contributed by atoms with E-state index in [-0.39, 0.29) is 31.0 Å². The monoisotopic (exact) mass is 390 g/mol. The zero-order valence-electron chi connectivity index (χ0n) is 14.5. The van der Waals surface area contributed by atoms with Gasteiger partial charge >= 0.3 is 0 Å². The first-order chi connectivity index (χ1) is 13.1. The van der Waals surface area contributed by atoms with Gasteiger partial charge in [-0.2, -0.15) is 11.8 Å². The van der Waals surface area contributed by atoms with Gasteiger partial charge in [0.05, 0.1) is 6.54 Å². The van der Waals surface area contributed by atoms with Gasteiger partial charge in [0.2, 0.25) is 12.7 Å². The quantitative estimate of drug-likeness (QED) is 0.677. The molecular formula is C19H19FN2O4S. The normalized spacial score (nSPS) is 11.9. The fourth-order valence-electron chi connectivity index (χ4n) is 2.42. The van der Waals surface area contributed by atoms with Gasteiger partial charge in [-0.25, -0.2) is 4.39 Å². The minimum Gasteiger partial charge on any atom is -0.454 e. The van der Waals surface area contributed by atoms with E-state index in [0.717, 1.165) is 0 Å². The third-order valence-corrected chi connectivity index (χ3v) is 4.84. The molecule has 0 aliphatic carbocycles. The Hall–Kier alpha value is -2.74. The molecule has 27 heavy (non-hydrogen) atoms. The summed E-state index contributed by atoms with van der Waals surface area (Å²) in [4.78, 5) is 23.9. The zero-order valence-corrected chi connectivity index (χ0v) is 15.3. The number of carbonyl (C=O) groups excluding carboxylic acids is 2. The molecule has 2 aromatic carbocycles. The number of halogens is 1. The Balaban J connectivity index is 1.32. The highest BCUT2D eigenvalue weighted by atomic mass is 32.2. The van der Waals surface area contributed by atoms with Gasteiger partial charge in [0.25, 0.3) is 5.91 Å². The molecule has 1 aliphatic rings. The molecule has 0 saturated heterocycles. The lowest BCUT2D eigenvalue weighted by Gasteiger charge is -2.08. The highest BCUT2D eigenvalue weighted by Gasteiger charge is 2.16. The third-order valence-electron chi connectivity index (χ3n) is 3.83. The highest BCUT2D eigenvalue weighted by Crippen LogP contribution is 2.32. The predicted octanol–water partition coefficient (Wildman–Crippen LogP) is 2.33. The van der Waals surface area contributed by atoms with E-state index in [2.05, 4.69) is 10.6 Å². The highest BCUT2D eigenvalue weighted by molar-refractivity contribution is 7.98. The summed E-state index contributed by atoms with van der Waals surface area (Å²) in [6, 6.07) is 11.5. The fourth-order valence-corrected chi connectivity index (χ4v) is 3.27. The number of hydrogen-bond acceptors (Lipinski definition) is 5. The molecule has 2 amide bonds. The van der Waals surface area contributed by atoms with Crippen LogP contribution in [0.25, 0.3) is 0 Å². The lowest BCUT2D eigenvalue weighted by molar-refractivity contribution is -0.120. The second-order valence-electron chi connectivity index (χ2n) is 5.74. The summed E-state index contributed by atoms with van der Waals surface area (Å²) in [6.45, 7) is 0.459. The summed E-state index contributed by atoms with van der Waals surface area (Å²) in [5.74, 6) is 1.43. The second-order valence-corrected chi connectivity index (χ2v) is 6.85. The van der Waals surface area contributed by atoms with Crippen molar-refractivity contribution in [2.45, 2.75) is 5.75 Å². The van der Waals surface area contributed by atoms with Gasteiger partial charge in [-0.05, 0) is 29.8 Å². The van der Waals surface area contributed by atoms with E-state index < -0.39 is 0 Å². The molecule has 0 aromatic heterocycles. The van der Waals surface area contributed by atoms with Crippen molar-refractivity contribution in [3.63, 3.8) is 0 Å². The average molecular weight is 390 g/mol. The number of nitrogens with one attached hydrogen (secondary N) is 2. The smallest absolute Gasteiger partial charge is 0.251 e. The van der Waals surface area contributed by atoms with Crippen LogP contribution < -0.4 is 20.1 Å². The van der Waals surface area contributed by atoms with Crippen molar-refractivity contribution in [3.8, 4) is 11.5 Å². The van der Waals surface area contributed by atoms with Gasteiger partial charge in [0.1, 0.15) is 5.82 Å². The van der Waals surface area contributed by atoms with Crippen LogP contribution in [-0.2, 0) is 10.5 Å². The third kappa shape index (κ3) is 5.37. The summed E-state index contributed by atoms with van der Waals surface area (Å²) >= 11 is 1.53. The summed E-state index contributed by atoms with van der Waals surface area (Å²) < 4.78 is 23.9. The molecule has 1 aliphatic heterocycles. The summed E-state index contributed by atoms with van der Waals surface area (Å²) in [7, 11) is 0. The predicted molar refractivity (Wildman–Crippen MR) is 100 cm³/mol. The van der Waals surface area contributed by atoms with Gasteiger partial charge in [-0.3, -0.25) is 9.59 Å². The van der Waals surface area contributed by atoms with Crippen LogP contribution in [0, 0.1) is 5.82 Å². The van der Waals surface area contributed by atoms with Crippen molar-refractivity contribution in [2.24, 2.45) is 0 Å². The van der Waals surface area contributed by atoms with E-state index >= 15 is 0 Å². The summed E-state index contributed by atoms with van der Waals surface area (Å²) in [6.07, 6.45) is 0. The molecule has 142 valence electrons. The van der Waals surface area contributed by atoms with Crippen LogP contribution in [0.4, 0.5) is 4.39 Å². The Morgan fingerprint density at radius 3 is 2.74 bits per heavy atom. The molecule has 6 nitrogen and oxygen atoms in total. The van der Waals surface area contributed by atoms with Crippen molar-refractivity contribution >= 4 is 23.6 Å². The maximum Gasteiger partial charge on any atom is 0.251 e.